The molecule has 0 aromatic heterocycles. The molecule has 1 heterocycles. The van der Waals surface area contributed by atoms with Crippen LogP contribution in [0.1, 0.15) is 5.56 Å². The first-order valence-corrected chi connectivity index (χ1v) is 5.24. The quantitative estimate of drug-likeness (QED) is 0.452. The fourth-order valence-corrected chi connectivity index (χ4v) is 3.37. The zero-order valence-electron chi connectivity index (χ0n) is 5.43. The summed E-state index contributed by atoms with van der Waals surface area (Å²) < 4.78 is 0. The maximum absolute atomic E-state index is 2.30. The van der Waals surface area contributed by atoms with Gasteiger partial charge in [-0.1, -0.05) is 35.5 Å². The molecule has 0 bridgehead atoms. The van der Waals surface area contributed by atoms with E-state index in [0.717, 1.165) is 0 Å². The predicted octanol–water partition coefficient (Wildman–Crippen LogP) is 0.455. The van der Waals surface area contributed by atoms with Crippen molar-refractivity contribution in [3.05, 3.63) is 29.8 Å². The van der Waals surface area contributed by atoms with E-state index in [0.29, 0.717) is 0 Å². The van der Waals surface area contributed by atoms with Crippen LogP contribution in [-0.2, 0) is 6.42 Å². The Kier molecular flexibility index (Phi) is 1.16. The van der Waals surface area contributed by atoms with E-state index >= 15 is 0 Å². The van der Waals surface area contributed by atoms with Gasteiger partial charge in [0.1, 0.15) is 0 Å². The van der Waals surface area contributed by atoms with E-state index in [9.17, 15) is 0 Å². The molecule has 1 aromatic rings. The monoisotopic (exact) mass is 134 g/mol. The van der Waals surface area contributed by atoms with Gasteiger partial charge in [0.2, 0.25) is 0 Å². The number of rotatable bonds is 0. The van der Waals surface area contributed by atoms with E-state index in [2.05, 4.69) is 24.3 Å². The summed E-state index contributed by atoms with van der Waals surface area (Å²) in [4.78, 5) is 0. The van der Waals surface area contributed by atoms with Gasteiger partial charge in [-0.2, -0.15) is 0 Å². The number of fused-ring (bicyclic) bond motifs is 1. The highest BCUT2D eigenvalue weighted by Crippen LogP contribution is 2.06. The summed E-state index contributed by atoms with van der Waals surface area (Å²) in [5, 5.41) is 1.71. The lowest BCUT2D eigenvalue weighted by molar-refractivity contribution is 1.17. The highest BCUT2D eigenvalue weighted by Gasteiger charge is 2.07. The first-order chi connectivity index (χ1) is 4.47. The third-order valence-electron chi connectivity index (χ3n) is 2.01. The van der Waals surface area contributed by atoms with Crippen molar-refractivity contribution in [2.75, 3.05) is 0 Å². The number of hydrogen-bond acceptors (Lipinski definition) is 0. The van der Waals surface area contributed by atoms with E-state index in [-0.39, 0.29) is 9.52 Å². The molecule has 0 saturated carbocycles. The Labute approximate surface area is 57.7 Å². The van der Waals surface area contributed by atoms with Crippen molar-refractivity contribution in [1.29, 1.82) is 0 Å². The van der Waals surface area contributed by atoms with Crippen molar-refractivity contribution >= 4 is 14.7 Å². The fraction of sp³-hybridized carbons (Fsp3) is 0.250. The summed E-state index contributed by atoms with van der Waals surface area (Å²) in [5.74, 6) is 0. The first kappa shape index (κ1) is 5.24. The molecule has 0 spiro atoms. The minimum atomic E-state index is 0.192. The topological polar surface area (TPSA) is 0 Å². The second-order valence-corrected chi connectivity index (χ2v) is 4.59. The van der Waals surface area contributed by atoms with Crippen LogP contribution in [0.25, 0.3) is 0 Å². The summed E-state index contributed by atoms with van der Waals surface area (Å²) in [7, 11) is 0.192. The third-order valence-corrected chi connectivity index (χ3v) is 3.95. The van der Waals surface area contributed by atoms with Crippen LogP contribution in [0.4, 0.5) is 0 Å². The van der Waals surface area contributed by atoms with Crippen molar-refractivity contribution in [3.63, 3.8) is 0 Å². The maximum Gasteiger partial charge on any atom is 0.0554 e. The Morgan fingerprint density at radius 1 is 1.22 bits per heavy atom. The van der Waals surface area contributed by atoms with Gasteiger partial charge in [-0.05, 0) is 12.0 Å². The molecule has 1 heteroatoms. The smallest absolute Gasteiger partial charge is 0.0554 e. The minimum Gasteiger partial charge on any atom is -0.0638 e. The number of benzene rings is 1. The van der Waals surface area contributed by atoms with Gasteiger partial charge in [0, 0.05) is 0 Å². The highest BCUT2D eigenvalue weighted by molar-refractivity contribution is 6.55. The minimum absolute atomic E-state index is 0.192. The lowest BCUT2D eigenvalue weighted by Crippen LogP contribution is -2.08. The Bertz CT molecular complexity index is 195. The fourth-order valence-electron chi connectivity index (χ4n) is 1.51. The number of aryl methyl sites for hydroxylation is 1. The third kappa shape index (κ3) is 0.814. The van der Waals surface area contributed by atoms with E-state index in [1.165, 1.54) is 12.5 Å². The molecule has 1 aliphatic rings. The maximum atomic E-state index is 2.30. The van der Waals surface area contributed by atoms with Crippen LogP contribution in [-0.4, -0.2) is 9.52 Å². The van der Waals surface area contributed by atoms with E-state index in [1.807, 2.05) is 0 Å². The predicted molar refractivity (Wildman–Crippen MR) is 43.1 cm³/mol. The molecule has 0 nitrogen and oxygen atoms in total. The molecular formula is C8H10Si. The second-order valence-electron chi connectivity index (χ2n) is 2.62. The summed E-state index contributed by atoms with van der Waals surface area (Å²) in [6, 6.07) is 10.4. The summed E-state index contributed by atoms with van der Waals surface area (Å²) in [6.45, 7) is 0. The van der Waals surface area contributed by atoms with Gasteiger partial charge >= 0.3 is 0 Å². The van der Waals surface area contributed by atoms with Crippen LogP contribution >= 0.6 is 0 Å². The van der Waals surface area contributed by atoms with Crippen LogP contribution in [0.15, 0.2) is 24.3 Å². The van der Waals surface area contributed by atoms with Crippen LogP contribution in [0, 0.1) is 0 Å². The summed E-state index contributed by atoms with van der Waals surface area (Å²) in [5.41, 5.74) is 1.63. The Balaban J connectivity index is 2.54. The van der Waals surface area contributed by atoms with Crippen molar-refractivity contribution in [2.45, 2.75) is 12.5 Å². The van der Waals surface area contributed by atoms with E-state index < -0.39 is 0 Å². The molecule has 46 valence electrons. The van der Waals surface area contributed by atoms with Crippen LogP contribution in [0.5, 0.6) is 0 Å². The molecule has 0 atom stereocenters. The standard InChI is InChI=1S/C8H10Si/c1-2-4-8-7(3-1)5-6-9-8/h1-4H,5-6,9H2. The molecule has 0 fully saturated rings. The Morgan fingerprint density at radius 3 is 3.00 bits per heavy atom. The summed E-state index contributed by atoms with van der Waals surface area (Å²) >= 11 is 0. The second kappa shape index (κ2) is 1.99. The molecule has 1 aliphatic heterocycles. The molecule has 0 unspecified atom stereocenters. The largest absolute Gasteiger partial charge is 0.0638 e. The molecular weight excluding hydrogens is 124 g/mol. The zero-order chi connectivity index (χ0) is 6.10. The Hall–Kier alpha value is -0.563. The highest BCUT2D eigenvalue weighted by atomic mass is 28.2. The summed E-state index contributed by atoms with van der Waals surface area (Å²) in [6.07, 6.45) is 1.36. The van der Waals surface area contributed by atoms with Gasteiger partial charge in [0.15, 0.2) is 0 Å². The van der Waals surface area contributed by atoms with Crippen molar-refractivity contribution in [3.8, 4) is 0 Å². The van der Waals surface area contributed by atoms with Crippen molar-refractivity contribution < 1.29 is 0 Å². The van der Waals surface area contributed by atoms with Crippen LogP contribution in [0.2, 0.25) is 6.04 Å². The average molecular weight is 134 g/mol. The molecule has 0 N–H and O–H groups in total. The van der Waals surface area contributed by atoms with E-state index in [1.54, 1.807) is 10.8 Å². The van der Waals surface area contributed by atoms with Gasteiger partial charge in [0.05, 0.1) is 9.52 Å². The molecule has 0 aliphatic carbocycles. The normalized spacial score (nSPS) is 18.2. The van der Waals surface area contributed by atoms with Crippen LogP contribution < -0.4 is 5.19 Å². The molecule has 0 radical (unpaired) electrons. The molecule has 2 rings (SSSR count). The van der Waals surface area contributed by atoms with E-state index in [4.69, 9.17) is 0 Å². The average Bonchev–Trinajstić information content (AvgIpc) is 2.33. The molecule has 1 aromatic carbocycles. The first-order valence-electron chi connectivity index (χ1n) is 3.53. The van der Waals surface area contributed by atoms with Crippen molar-refractivity contribution in [2.24, 2.45) is 0 Å². The zero-order valence-corrected chi connectivity index (χ0v) is 6.84. The van der Waals surface area contributed by atoms with Crippen LogP contribution in [0.3, 0.4) is 0 Å². The molecule has 0 amide bonds. The van der Waals surface area contributed by atoms with Gasteiger partial charge in [-0.15, -0.1) is 0 Å². The van der Waals surface area contributed by atoms with Gasteiger partial charge < -0.3 is 0 Å². The molecule has 0 saturated heterocycles. The van der Waals surface area contributed by atoms with Gasteiger partial charge in [-0.3, -0.25) is 0 Å². The lowest BCUT2D eigenvalue weighted by atomic mass is 10.2. The molecule has 9 heavy (non-hydrogen) atoms. The van der Waals surface area contributed by atoms with Gasteiger partial charge in [-0.25, -0.2) is 0 Å². The number of hydrogen-bond donors (Lipinski definition) is 0. The Morgan fingerprint density at radius 2 is 2.11 bits per heavy atom. The lowest BCUT2D eigenvalue weighted by Gasteiger charge is -1.93. The van der Waals surface area contributed by atoms with Gasteiger partial charge in [0.25, 0.3) is 0 Å². The van der Waals surface area contributed by atoms with Crippen molar-refractivity contribution in [1.82, 2.24) is 0 Å². The SMILES string of the molecule is c1ccc2c(c1)CC[SiH2]2.